The molecule has 1 aromatic heterocycles. The molecule has 3 amide bonds. The average Bonchev–Trinajstić information content (AvgIpc) is 3.70. The molecular formula is C32H31N5O8P+. The highest BCUT2D eigenvalue weighted by atomic mass is 31.2. The number of imide groups is 1. The Morgan fingerprint density at radius 1 is 1.11 bits per heavy atom. The van der Waals surface area contributed by atoms with Crippen molar-refractivity contribution in [3.05, 3.63) is 78.3 Å². The molecule has 0 saturated carbocycles. The van der Waals surface area contributed by atoms with E-state index in [9.17, 15) is 19.0 Å². The summed E-state index contributed by atoms with van der Waals surface area (Å²) < 4.78 is 36.6. The third-order valence-corrected chi connectivity index (χ3v) is 9.88. The van der Waals surface area contributed by atoms with E-state index in [0.29, 0.717) is 6.54 Å². The number of amides is 3. The molecule has 4 aromatic carbocycles. The number of carbonyl (C=O) groups is 2. The number of nitrogens with zero attached hydrogens (tertiary/aromatic N) is 4. The highest BCUT2D eigenvalue weighted by molar-refractivity contribution is 7.51. The molecule has 8 rings (SSSR count). The number of urea groups is 1. The number of hydrogen-bond donors (Lipinski definition) is 2. The molecule has 0 aliphatic carbocycles. The number of rotatable bonds is 8. The van der Waals surface area contributed by atoms with Gasteiger partial charge in [-0.15, -0.1) is 5.10 Å². The van der Waals surface area contributed by atoms with Crippen LogP contribution in [0, 0.1) is 0 Å². The Morgan fingerprint density at radius 2 is 1.83 bits per heavy atom. The minimum Gasteiger partial charge on any atom is -0.381 e. The van der Waals surface area contributed by atoms with Gasteiger partial charge in [-0.1, -0.05) is 59.8 Å². The molecule has 5 aromatic rings. The average molecular weight is 645 g/mol. The highest BCUT2D eigenvalue weighted by Crippen LogP contribution is 2.52. The molecule has 13 nitrogen and oxygen atoms in total. The van der Waals surface area contributed by atoms with Crippen molar-refractivity contribution in [2.45, 2.75) is 30.6 Å². The second kappa shape index (κ2) is 10.2. The molecule has 2 bridgehead atoms. The molecule has 2 fully saturated rings. The van der Waals surface area contributed by atoms with Crippen molar-refractivity contribution < 1.29 is 42.3 Å². The van der Waals surface area contributed by atoms with Gasteiger partial charge in [-0.3, -0.25) is 13.9 Å². The molecule has 4 heterocycles. The van der Waals surface area contributed by atoms with E-state index in [1.807, 2.05) is 0 Å². The first-order valence-electron chi connectivity index (χ1n) is 14.8. The molecule has 0 spiro atoms. The Hall–Kier alpha value is -4.07. The van der Waals surface area contributed by atoms with Crippen LogP contribution < -0.4 is 5.32 Å². The fourth-order valence-corrected chi connectivity index (χ4v) is 7.91. The second-order valence-electron chi connectivity index (χ2n) is 12.4. The van der Waals surface area contributed by atoms with Gasteiger partial charge in [0.05, 0.1) is 33.0 Å². The van der Waals surface area contributed by atoms with Crippen LogP contribution in [0.15, 0.2) is 67.0 Å². The summed E-state index contributed by atoms with van der Waals surface area (Å²) in [4.78, 5) is 36.6. The summed E-state index contributed by atoms with van der Waals surface area (Å²) in [6.07, 6.45) is 0.224. The molecule has 2 saturated heterocycles. The fraction of sp³-hybridized carbons (Fsp3) is 0.312. The van der Waals surface area contributed by atoms with Crippen LogP contribution in [0.1, 0.15) is 11.3 Å². The molecule has 3 aliphatic rings. The van der Waals surface area contributed by atoms with Crippen molar-refractivity contribution in [1.82, 2.24) is 20.3 Å². The van der Waals surface area contributed by atoms with Gasteiger partial charge >= 0.3 is 13.6 Å². The number of ether oxygens (including phenoxy) is 3. The molecule has 14 heteroatoms. The normalized spacial score (nSPS) is 29.1. The minimum absolute atomic E-state index is 0.000825. The lowest BCUT2D eigenvalue weighted by Crippen LogP contribution is -2.65. The van der Waals surface area contributed by atoms with E-state index < -0.39 is 48.1 Å². The van der Waals surface area contributed by atoms with Crippen LogP contribution in [0.25, 0.3) is 37.9 Å². The van der Waals surface area contributed by atoms with Crippen LogP contribution in [0.3, 0.4) is 0 Å². The zero-order valence-electron chi connectivity index (χ0n) is 25.2. The summed E-state index contributed by atoms with van der Waals surface area (Å²) >= 11 is 0. The molecule has 3 unspecified atom stereocenters. The Bertz CT molecular complexity index is 2130. The number of fused-ring (bicyclic) bond motifs is 2. The van der Waals surface area contributed by atoms with E-state index in [0.717, 1.165) is 23.0 Å². The monoisotopic (exact) mass is 644 g/mol. The highest BCUT2D eigenvalue weighted by Gasteiger charge is 2.70. The Balaban J connectivity index is 1.13. The lowest BCUT2D eigenvalue weighted by molar-refractivity contribution is -0.839. The third-order valence-electron chi connectivity index (χ3n) is 9.27. The van der Waals surface area contributed by atoms with Gasteiger partial charge in [0.2, 0.25) is 6.23 Å². The SMILES string of the molecule is COC[C@]12CO[C@@H](C1OP(C)(=O)O)[C@H]([N+]1(C)C=C(c3cn(Cc4ccc5ccc6cccc7ccc4c5c67)nn3)C(=O)NC1=O)O2. The zero-order valence-corrected chi connectivity index (χ0v) is 26.1. The van der Waals surface area contributed by atoms with Gasteiger partial charge in [0.25, 0.3) is 5.91 Å². The van der Waals surface area contributed by atoms with Crippen LogP contribution in [0.4, 0.5) is 4.79 Å². The number of hydrogen-bond acceptors (Lipinski definition) is 9. The number of methoxy groups -OCH3 is 1. The van der Waals surface area contributed by atoms with E-state index in [2.05, 4.69) is 70.2 Å². The number of likely N-dealkylation sites (N-methyl/N-ethyl adjacent to an activating group) is 1. The van der Waals surface area contributed by atoms with Crippen LogP contribution in [0.5, 0.6) is 0 Å². The third kappa shape index (κ3) is 4.43. The molecule has 3 aliphatic heterocycles. The molecule has 2 N–H and O–H groups in total. The summed E-state index contributed by atoms with van der Waals surface area (Å²) in [6, 6.07) is 18.3. The van der Waals surface area contributed by atoms with Gasteiger partial charge in [0, 0.05) is 13.8 Å². The first-order valence-corrected chi connectivity index (χ1v) is 16.8. The zero-order chi connectivity index (χ0) is 32.0. The summed E-state index contributed by atoms with van der Waals surface area (Å²) in [5, 5.41) is 18.1. The van der Waals surface area contributed by atoms with Crippen molar-refractivity contribution in [3.8, 4) is 0 Å². The lowest BCUT2D eigenvalue weighted by Gasteiger charge is -2.40. The Labute approximate surface area is 262 Å². The first kappa shape index (κ1) is 29.3. The second-order valence-corrected chi connectivity index (χ2v) is 14.3. The van der Waals surface area contributed by atoms with Gasteiger partial charge in [-0.05, 0) is 37.9 Å². The standard InChI is InChI=1S/C32H30N5O8P/c1-37(30-27-28(45-46(3,40)41)32(44-30,16-42-2)17-43-27)15-23(29(38)33-31(37)39)24-14-36(35-34-24)13-21-10-9-20-8-7-18-5-4-6-19-11-12-22(21)26(20)25(18)19/h4-12,14-15,27-28,30H,13,16-17H2,1-3H3,(H-,33,38,39,40,41)/p+1/t27-,28?,30+,32-,37?/m0/s1. The largest absolute Gasteiger partial charge is 0.430 e. The molecule has 46 heavy (non-hydrogen) atoms. The summed E-state index contributed by atoms with van der Waals surface area (Å²) in [5.74, 6) is -0.632. The number of nitrogens with one attached hydrogen (secondary N) is 1. The first-order chi connectivity index (χ1) is 22.0. The predicted octanol–water partition coefficient (Wildman–Crippen LogP) is 3.60. The van der Waals surface area contributed by atoms with Crippen molar-refractivity contribution in [2.75, 3.05) is 34.0 Å². The van der Waals surface area contributed by atoms with E-state index in [-0.39, 0.29) is 24.5 Å². The molecule has 0 radical (unpaired) electrons. The topological polar surface area (TPSA) is 151 Å². The smallest absolute Gasteiger partial charge is 0.381 e. The maximum absolute atomic E-state index is 13.4. The fourth-order valence-electron chi connectivity index (χ4n) is 7.18. The number of quaternary nitrogens is 1. The quantitative estimate of drug-likeness (QED) is 0.146. The molecule has 6 atom stereocenters. The van der Waals surface area contributed by atoms with E-state index in [1.54, 1.807) is 17.9 Å². The maximum atomic E-state index is 13.4. The summed E-state index contributed by atoms with van der Waals surface area (Å²) in [6.45, 7) is 1.52. The number of carbonyl (C=O) groups excluding carboxylic acids is 2. The maximum Gasteiger partial charge on any atom is 0.430 e. The predicted molar refractivity (Wildman–Crippen MR) is 167 cm³/mol. The van der Waals surface area contributed by atoms with E-state index >= 15 is 0 Å². The van der Waals surface area contributed by atoms with Gasteiger partial charge in [0.1, 0.15) is 23.6 Å². The van der Waals surface area contributed by atoms with Gasteiger partial charge in [-0.25, -0.2) is 14.8 Å². The number of aromatic nitrogens is 3. The van der Waals surface area contributed by atoms with Crippen molar-refractivity contribution in [3.63, 3.8) is 0 Å². The molecular weight excluding hydrogens is 613 g/mol. The van der Waals surface area contributed by atoms with Crippen LogP contribution >= 0.6 is 7.60 Å². The lowest BCUT2D eigenvalue weighted by atomic mass is 9.92. The minimum atomic E-state index is -3.96. The van der Waals surface area contributed by atoms with Crippen molar-refractivity contribution in [2.24, 2.45) is 0 Å². The van der Waals surface area contributed by atoms with Crippen molar-refractivity contribution in [1.29, 1.82) is 0 Å². The van der Waals surface area contributed by atoms with Gasteiger partial charge in [-0.2, -0.15) is 4.48 Å². The summed E-state index contributed by atoms with van der Waals surface area (Å²) in [7, 11) is -0.935. The van der Waals surface area contributed by atoms with Crippen LogP contribution in [-0.2, 0) is 34.6 Å². The number of benzene rings is 4. The van der Waals surface area contributed by atoms with E-state index in [4.69, 9.17) is 18.7 Å². The van der Waals surface area contributed by atoms with Gasteiger partial charge < -0.3 is 19.1 Å². The van der Waals surface area contributed by atoms with Crippen LogP contribution in [0.2, 0.25) is 0 Å². The van der Waals surface area contributed by atoms with Crippen LogP contribution in [-0.4, -0.2) is 94.4 Å². The molecule has 236 valence electrons. The summed E-state index contributed by atoms with van der Waals surface area (Å²) in [5.41, 5.74) is 0.207. The van der Waals surface area contributed by atoms with E-state index in [1.165, 1.54) is 34.9 Å². The Kier molecular flexibility index (Phi) is 6.52. The van der Waals surface area contributed by atoms with Crippen molar-refractivity contribution >= 4 is 57.4 Å². The Morgan fingerprint density at radius 3 is 2.57 bits per heavy atom. The van der Waals surface area contributed by atoms with Gasteiger partial charge in [0.15, 0.2) is 11.7 Å².